The van der Waals surface area contributed by atoms with E-state index in [2.05, 4.69) is 21.8 Å². The highest BCUT2D eigenvalue weighted by Crippen LogP contribution is 2.14. The van der Waals surface area contributed by atoms with Crippen LogP contribution in [0.4, 0.5) is 0 Å². The Kier molecular flexibility index (Phi) is 4.75. The molecule has 2 N–H and O–H groups in total. The van der Waals surface area contributed by atoms with Crippen LogP contribution in [0.25, 0.3) is 0 Å². The van der Waals surface area contributed by atoms with Crippen LogP contribution >= 0.6 is 0 Å². The number of aromatic amines is 1. The van der Waals surface area contributed by atoms with Crippen molar-refractivity contribution in [3.8, 4) is 11.8 Å². The predicted molar refractivity (Wildman–Crippen MR) is 79.5 cm³/mol. The number of amides is 1. The fourth-order valence-corrected chi connectivity index (χ4v) is 1.96. The Bertz CT molecular complexity index is 681. The van der Waals surface area contributed by atoms with Gasteiger partial charge < -0.3 is 15.0 Å². The number of benzene rings is 1. The number of hydrogen-bond acceptors (Lipinski definition) is 3. The van der Waals surface area contributed by atoms with E-state index in [9.17, 15) is 4.79 Å². The van der Waals surface area contributed by atoms with Crippen LogP contribution in [0, 0.1) is 18.8 Å². The number of aliphatic hydroxyl groups is 1. The quantitative estimate of drug-likeness (QED) is 0.835. The van der Waals surface area contributed by atoms with Crippen molar-refractivity contribution in [3.63, 3.8) is 0 Å². The molecule has 5 heteroatoms. The summed E-state index contributed by atoms with van der Waals surface area (Å²) in [5, 5.41) is 8.73. The van der Waals surface area contributed by atoms with Crippen LogP contribution in [0.1, 0.15) is 27.3 Å². The topological polar surface area (TPSA) is 69.2 Å². The molecule has 1 aromatic carbocycles. The van der Waals surface area contributed by atoms with Crippen molar-refractivity contribution >= 4 is 5.91 Å². The van der Waals surface area contributed by atoms with Gasteiger partial charge in [0, 0.05) is 30.6 Å². The monoisotopic (exact) mass is 283 g/mol. The molecule has 0 saturated heterocycles. The molecular weight excluding hydrogens is 266 g/mol. The summed E-state index contributed by atoms with van der Waals surface area (Å²) >= 11 is 0. The van der Waals surface area contributed by atoms with E-state index in [1.165, 1.54) is 0 Å². The first kappa shape index (κ1) is 14.8. The lowest BCUT2D eigenvalue weighted by atomic mass is 10.0. The average Bonchev–Trinajstić information content (AvgIpc) is 2.98. The van der Waals surface area contributed by atoms with Gasteiger partial charge >= 0.3 is 0 Å². The normalized spacial score (nSPS) is 9.86. The van der Waals surface area contributed by atoms with Gasteiger partial charge in [-0.3, -0.25) is 4.79 Å². The Hall–Kier alpha value is -2.58. The van der Waals surface area contributed by atoms with E-state index in [0.717, 1.165) is 11.4 Å². The number of carbonyl (C=O) groups excluding carboxylic acids is 1. The molecule has 0 fully saturated rings. The minimum absolute atomic E-state index is 0.0865. The number of aliphatic hydroxyl groups excluding tert-OH is 1. The van der Waals surface area contributed by atoms with Gasteiger partial charge in [0.15, 0.2) is 0 Å². The zero-order chi connectivity index (χ0) is 15.2. The van der Waals surface area contributed by atoms with Crippen molar-refractivity contribution in [1.82, 2.24) is 14.9 Å². The molecule has 5 nitrogen and oxygen atoms in total. The number of imidazole rings is 1. The van der Waals surface area contributed by atoms with E-state index >= 15 is 0 Å². The Morgan fingerprint density at radius 2 is 2.29 bits per heavy atom. The SMILES string of the molecule is Cc1ccc(C#CCO)cc1C(=O)N(C)Cc1ncc[nH]1. The molecule has 0 saturated carbocycles. The van der Waals surface area contributed by atoms with Gasteiger partial charge in [0.05, 0.1) is 6.54 Å². The highest BCUT2D eigenvalue weighted by atomic mass is 16.2. The van der Waals surface area contributed by atoms with E-state index < -0.39 is 0 Å². The average molecular weight is 283 g/mol. The summed E-state index contributed by atoms with van der Waals surface area (Å²) in [6, 6.07) is 5.44. The zero-order valence-electron chi connectivity index (χ0n) is 12.1. The molecule has 1 heterocycles. The van der Waals surface area contributed by atoms with Gasteiger partial charge in [-0.2, -0.15) is 0 Å². The maximum atomic E-state index is 12.5. The van der Waals surface area contributed by atoms with Crippen LogP contribution in [-0.2, 0) is 6.54 Å². The minimum atomic E-state index is -0.199. The van der Waals surface area contributed by atoms with Crippen LogP contribution < -0.4 is 0 Å². The van der Waals surface area contributed by atoms with E-state index in [1.807, 2.05) is 19.1 Å². The Morgan fingerprint density at radius 3 is 2.95 bits per heavy atom. The van der Waals surface area contributed by atoms with Gasteiger partial charge in [0.1, 0.15) is 12.4 Å². The highest BCUT2D eigenvalue weighted by Gasteiger charge is 2.15. The molecule has 2 aromatic rings. The standard InChI is InChI=1S/C16H17N3O2/c1-12-5-6-13(4-3-9-20)10-14(12)16(21)19(2)11-15-17-7-8-18-15/h5-8,10,20H,9,11H2,1-2H3,(H,17,18). The Balaban J connectivity index is 2.21. The summed E-state index contributed by atoms with van der Waals surface area (Å²) in [4.78, 5) is 21.2. The molecule has 0 unspecified atom stereocenters. The Morgan fingerprint density at radius 1 is 1.48 bits per heavy atom. The van der Waals surface area contributed by atoms with Crippen molar-refractivity contribution < 1.29 is 9.90 Å². The van der Waals surface area contributed by atoms with Crippen LogP contribution in [-0.4, -0.2) is 39.5 Å². The number of nitrogens with one attached hydrogen (secondary N) is 1. The van der Waals surface area contributed by atoms with Crippen LogP contribution in [0.3, 0.4) is 0 Å². The molecule has 0 aliphatic carbocycles. The number of H-pyrrole nitrogens is 1. The molecule has 0 spiro atoms. The molecule has 1 amide bonds. The summed E-state index contributed by atoms with van der Waals surface area (Å²) in [7, 11) is 1.73. The van der Waals surface area contributed by atoms with Gasteiger partial charge in [-0.15, -0.1) is 0 Å². The summed E-state index contributed by atoms with van der Waals surface area (Å²) in [6.07, 6.45) is 3.38. The van der Waals surface area contributed by atoms with Gasteiger partial charge in [-0.1, -0.05) is 17.9 Å². The third-order valence-corrected chi connectivity index (χ3v) is 3.07. The van der Waals surface area contributed by atoms with Crippen molar-refractivity contribution in [2.75, 3.05) is 13.7 Å². The first-order chi connectivity index (χ1) is 10.1. The lowest BCUT2D eigenvalue weighted by Crippen LogP contribution is -2.27. The summed E-state index contributed by atoms with van der Waals surface area (Å²) in [5.74, 6) is 6.04. The first-order valence-electron chi connectivity index (χ1n) is 6.56. The third-order valence-electron chi connectivity index (χ3n) is 3.07. The predicted octanol–water partition coefficient (Wildman–Crippen LogP) is 1.33. The molecule has 0 aliphatic rings. The number of nitrogens with zero attached hydrogens (tertiary/aromatic N) is 2. The lowest BCUT2D eigenvalue weighted by Gasteiger charge is -2.17. The first-order valence-corrected chi connectivity index (χ1v) is 6.56. The fraction of sp³-hybridized carbons (Fsp3) is 0.250. The molecule has 0 atom stereocenters. The summed E-state index contributed by atoms with van der Waals surface area (Å²) in [6.45, 7) is 2.10. The molecule has 0 aliphatic heterocycles. The second-order valence-corrected chi connectivity index (χ2v) is 4.69. The van der Waals surface area contributed by atoms with Gasteiger partial charge in [0.2, 0.25) is 0 Å². The Labute approximate surface area is 123 Å². The van der Waals surface area contributed by atoms with E-state index in [-0.39, 0.29) is 12.5 Å². The maximum absolute atomic E-state index is 12.5. The molecular formula is C16H17N3O2. The van der Waals surface area contributed by atoms with E-state index in [1.54, 1.807) is 30.4 Å². The highest BCUT2D eigenvalue weighted by molar-refractivity contribution is 5.95. The van der Waals surface area contributed by atoms with E-state index in [0.29, 0.717) is 17.7 Å². The van der Waals surface area contributed by atoms with E-state index in [4.69, 9.17) is 5.11 Å². The maximum Gasteiger partial charge on any atom is 0.254 e. The van der Waals surface area contributed by atoms with Crippen molar-refractivity contribution in [2.45, 2.75) is 13.5 Å². The molecule has 0 bridgehead atoms. The molecule has 108 valence electrons. The van der Waals surface area contributed by atoms with Crippen molar-refractivity contribution in [3.05, 3.63) is 53.1 Å². The smallest absolute Gasteiger partial charge is 0.254 e. The van der Waals surface area contributed by atoms with Crippen LogP contribution in [0.15, 0.2) is 30.6 Å². The number of hydrogen-bond donors (Lipinski definition) is 2. The minimum Gasteiger partial charge on any atom is -0.384 e. The molecule has 1 aromatic heterocycles. The van der Waals surface area contributed by atoms with Gasteiger partial charge in [0.25, 0.3) is 5.91 Å². The second-order valence-electron chi connectivity index (χ2n) is 4.69. The lowest BCUT2D eigenvalue weighted by molar-refractivity contribution is 0.0781. The summed E-state index contributed by atoms with van der Waals surface area (Å²) < 4.78 is 0. The number of rotatable bonds is 3. The van der Waals surface area contributed by atoms with Crippen molar-refractivity contribution in [1.29, 1.82) is 0 Å². The fourth-order valence-electron chi connectivity index (χ4n) is 1.96. The molecule has 0 radical (unpaired) electrons. The number of aryl methyl sites for hydroxylation is 1. The van der Waals surface area contributed by atoms with Gasteiger partial charge in [-0.25, -0.2) is 4.98 Å². The number of carbonyl (C=O) groups is 1. The third kappa shape index (κ3) is 3.71. The van der Waals surface area contributed by atoms with Gasteiger partial charge in [-0.05, 0) is 24.6 Å². The van der Waals surface area contributed by atoms with Crippen LogP contribution in [0.5, 0.6) is 0 Å². The largest absolute Gasteiger partial charge is 0.384 e. The number of aromatic nitrogens is 2. The molecule has 2 rings (SSSR count). The van der Waals surface area contributed by atoms with Crippen molar-refractivity contribution in [2.24, 2.45) is 0 Å². The summed E-state index contributed by atoms with van der Waals surface area (Å²) in [5.41, 5.74) is 2.21. The van der Waals surface area contributed by atoms with Crippen LogP contribution in [0.2, 0.25) is 0 Å². The zero-order valence-corrected chi connectivity index (χ0v) is 12.1. The second kappa shape index (κ2) is 6.73. The molecule has 21 heavy (non-hydrogen) atoms.